The molecule has 3 nitrogen and oxygen atoms in total. The van der Waals surface area contributed by atoms with Crippen molar-refractivity contribution in [3.8, 4) is 0 Å². The van der Waals surface area contributed by atoms with E-state index in [9.17, 15) is 0 Å². The lowest BCUT2D eigenvalue weighted by molar-refractivity contribution is 0.628. The second-order valence-corrected chi connectivity index (χ2v) is 5.60. The molecule has 0 aliphatic carbocycles. The summed E-state index contributed by atoms with van der Waals surface area (Å²) < 4.78 is 2.13. The summed E-state index contributed by atoms with van der Waals surface area (Å²) in [5, 5.41) is 4.14. The number of halogens is 1. The number of hydrogen-bond donors (Lipinski definition) is 1. The SMILES string of the molecule is CC(C)CNc1nccn1C(C)c1cccc(Cl)c1. The van der Waals surface area contributed by atoms with Crippen LogP contribution in [0.1, 0.15) is 32.4 Å². The average molecular weight is 278 g/mol. The molecule has 1 heterocycles. The molecular formula is C15H20ClN3. The number of imidazole rings is 1. The molecule has 0 fully saturated rings. The predicted octanol–water partition coefficient (Wildman–Crippen LogP) is 4.21. The monoisotopic (exact) mass is 277 g/mol. The zero-order chi connectivity index (χ0) is 13.8. The van der Waals surface area contributed by atoms with Gasteiger partial charge in [0.2, 0.25) is 5.95 Å². The van der Waals surface area contributed by atoms with Crippen LogP contribution in [0.3, 0.4) is 0 Å². The molecule has 1 unspecified atom stereocenters. The summed E-state index contributed by atoms with van der Waals surface area (Å²) in [6, 6.07) is 8.16. The Bertz CT molecular complexity index is 534. The Kier molecular flexibility index (Phi) is 4.48. The summed E-state index contributed by atoms with van der Waals surface area (Å²) in [4.78, 5) is 4.38. The van der Waals surface area contributed by atoms with Gasteiger partial charge in [0.05, 0.1) is 6.04 Å². The summed E-state index contributed by atoms with van der Waals surface area (Å²) in [5.74, 6) is 1.49. The van der Waals surface area contributed by atoms with Crippen molar-refractivity contribution in [3.05, 3.63) is 47.2 Å². The Morgan fingerprint density at radius 1 is 1.32 bits per heavy atom. The van der Waals surface area contributed by atoms with Gasteiger partial charge >= 0.3 is 0 Å². The van der Waals surface area contributed by atoms with E-state index in [1.165, 1.54) is 5.56 Å². The Morgan fingerprint density at radius 2 is 2.11 bits per heavy atom. The minimum Gasteiger partial charge on any atom is -0.355 e. The van der Waals surface area contributed by atoms with E-state index in [0.29, 0.717) is 5.92 Å². The standard InChI is InChI=1S/C15H20ClN3/c1-11(2)10-18-15-17-7-8-19(15)12(3)13-5-4-6-14(16)9-13/h4-9,11-12H,10H2,1-3H3,(H,17,18). The van der Waals surface area contributed by atoms with Gasteiger partial charge in [-0.3, -0.25) is 0 Å². The highest BCUT2D eigenvalue weighted by atomic mass is 35.5. The highest BCUT2D eigenvalue weighted by Crippen LogP contribution is 2.24. The van der Waals surface area contributed by atoms with Gasteiger partial charge in [-0.25, -0.2) is 4.98 Å². The first kappa shape index (κ1) is 13.9. The molecule has 0 spiro atoms. The molecule has 0 bridgehead atoms. The zero-order valence-electron chi connectivity index (χ0n) is 11.6. The van der Waals surface area contributed by atoms with Crippen molar-refractivity contribution in [3.63, 3.8) is 0 Å². The van der Waals surface area contributed by atoms with Crippen LogP contribution >= 0.6 is 11.6 Å². The van der Waals surface area contributed by atoms with Crippen molar-refractivity contribution in [2.75, 3.05) is 11.9 Å². The van der Waals surface area contributed by atoms with Crippen LogP contribution < -0.4 is 5.32 Å². The Labute approximate surface area is 119 Å². The molecule has 1 aromatic carbocycles. The molecule has 2 rings (SSSR count). The summed E-state index contributed by atoms with van der Waals surface area (Å²) >= 11 is 6.05. The predicted molar refractivity (Wildman–Crippen MR) is 80.8 cm³/mol. The Balaban J connectivity index is 2.19. The minimum atomic E-state index is 0.205. The second kappa shape index (κ2) is 6.11. The minimum absolute atomic E-state index is 0.205. The third kappa shape index (κ3) is 3.51. The van der Waals surface area contributed by atoms with Crippen LogP contribution in [0, 0.1) is 5.92 Å². The van der Waals surface area contributed by atoms with Gasteiger partial charge in [0.1, 0.15) is 0 Å². The van der Waals surface area contributed by atoms with Crippen LogP contribution in [0.4, 0.5) is 5.95 Å². The average Bonchev–Trinajstić information content (AvgIpc) is 2.83. The maximum atomic E-state index is 6.05. The molecule has 0 saturated heterocycles. The molecule has 1 atom stereocenters. The van der Waals surface area contributed by atoms with E-state index >= 15 is 0 Å². The maximum Gasteiger partial charge on any atom is 0.203 e. The molecule has 0 aliphatic rings. The molecule has 1 aromatic heterocycles. The lowest BCUT2D eigenvalue weighted by Crippen LogP contribution is -2.15. The van der Waals surface area contributed by atoms with Crippen LogP contribution in [-0.2, 0) is 0 Å². The van der Waals surface area contributed by atoms with Crippen LogP contribution in [0.15, 0.2) is 36.7 Å². The van der Waals surface area contributed by atoms with Crippen molar-refractivity contribution in [1.29, 1.82) is 0 Å². The van der Waals surface area contributed by atoms with Crippen LogP contribution in [0.2, 0.25) is 5.02 Å². The number of nitrogens with zero attached hydrogens (tertiary/aromatic N) is 2. The number of benzene rings is 1. The van der Waals surface area contributed by atoms with E-state index in [-0.39, 0.29) is 6.04 Å². The first-order chi connectivity index (χ1) is 9.08. The van der Waals surface area contributed by atoms with Crippen molar-refractivity contribution in [2.24, 2.45) is 5.92 Å². The van der Waals surface area contributed by atoms with Crippen molar-refractivity contribution < 1.29 is 0 Å². The molecule has 19 heavy (non-hydrogen) atoms. The smallest absolute Gasteiger partial charge is 0.203 e. The fraction of sp³-hybridized carbons (Fsp3) is 0.400. The maximum absolute atomic E-state index is 6.05. The molecule has 0 aliphatic heterocycles. The van der Waals surface area contributed by atoms with Gasteiger partial charge in [-0.2, -0.15) is 0 Å². The van der Waals surface area contributed by atoms with E-state index in [2.05, 4.69) is 41.7 Å². The van der Waals surface area contributed by atoms with E-state index in [1.807, 2.05) is 30.6 Å². The van der Waals surface area contributed by atoms with Gasteiger partial charge in [0.25, 0.3) is 0 Å². The first-order valence-electron chi connectivity index (χ1n) is 6.60. The largest absolute Gasteiger partial charge is 0.355 e. The number of hydrogen-bond acceptors (Lipinski definition) is 2. The van der Waals surface area contributed by atoms with Gasteiger partial charge in [-0.05, 0) is 30.5 Å². The molecule has 0 amide bonds. The fourth-order valence-corrected chi connectivity index (χ4v) is 2.18. The normalized spacial score (nSPS) is 12.7. The van der Waals surface area contributed by atoms with Crippen molar-refractivity contribution in [2.45, 2.75) is 26.8 Å². The molecule has 0 saturated carbocycles. The topological polar surface area (TPSA) is 29.9 Å². The quantitative estimate of drug-likeness (QED) is 0.887. The third-order valence-electron chi connectivity index (χ3n) is 3.09. The number of aromatic nitrogens is 2. The Hall–Kier alpha value is -1.48. The Morgan fingerprint density at radius 3 is 2.79 bits per heavy atom. The van der Waals surface area contributed by atoms with E-state index in [1.54, 1.807) is 0 Å². The summed E-state index contributed by atoms with van der Waals surface area (Å²) in [7, 11) is 0. The lowest BCUT2D eigenvalue weighted by Gasteiger charge is -2.18. The molecular weight excluding hydrogens is 258 g/mol. The van der Waals surface area contributed by atoms with Crippen molar-refractivity contribution in [1.82, 2.24) is 9.55 Å². The van der Waals surface area contributed by atoms with E-state index < -0.39 is 0 Å². The van der Waals surface area contributed by atoms with E-state index in [0.717, 1.165) is 17.5 Å². The highest BCUT2D eigenvalue weighted by Gasteiger charge is 2.12. The molecule has 102 valence electrons. The van der Waals surface area contributed by atoms with Crippen LogP contribution in [0.25, 0.3) is 0 Å². The van der Waals surface area contributed by atoms with E-state index in [4.69, 9.17) is 11.6 Å². The van der Waals surface area contributed by atoms with Gasteiger partial charge in [-0.1, -0.05) is 37.6 Å². The zero-order valence-corrected chi connectivity index (χ0v) is 12.4. The number of rotatable bonds is 5. The molecule has 1 N–H and O–H groups in total. The van der Waals surface area contributed by atoms with Crippen LogP contribution in [0.5, 0.6) is 0 Å². The molecule has 0 radical (unpaired) electrons. The summed E-state index contributed by atoms with van der Waals surface area (Å²) in [6.45, 7) is 7.43. The van der Waals surface area contributed by atoms with Gasteiger partial charge in [0.15, 0.2) is 0 Å². The van der Waals surface area contributed by atoms with Gasteiger partial charge in [-0.15, -0.1) is 0 Å². The molecule has 2 aromatic rings. The second-order valence-electron chi connectivity index (χ2n) is 5.16. The third-order valence-corrected chi connectivity index (χ3v) is 3.32. The lowest BCUT2D eigenvalue weighted by atomic mass is 10.1. The number of nitrogens with one attached hydrogen (secondary N) is 1. The van der Waals surface area contributed by atoms with Crippen LogP contribution in [-0.4, -0.2) is 16.1 Å². The first-order valence-corrected chi connectivity index (χ1v) is 6.98. The molecule has 4 heteroatoms. The van der Waals surface area contributed by atoms with Crippen molar-refractivity contribution >= 4 is 17.5 Å². The highest BCUT2D eigenvalue weighted by molar-refractivity contribution is 6.30. The number of anilines is 1. The van der Waals surface area contributed by atoms with Gasteiger partial charge < -0.3 is 9.88 Å². The summed E-state index contributed by atoms with van der Waals surface area (Å²) in [6.07, 6.45) is 3.82. The summed E-state index contributed by atoms with van der Waals surface area (Å²) in [5.41, 5.74) is 1.18. The fourth-order valence-electron chi connectivity index (χ4n) is 1.98. The van der Waals surface area contributed by atoms with Gasteiger partial charge in [0, 0.05) is 24.0 Å².